The van der Waals surface area contributed by atoms with Gasteiger partial charge in [-0.15, -0.1) is 0 Å². The van der Waals surface area contributed by atoms with E-state index in [1.54, 1.807) is 6.07 Å². The predicted molar refractivity (Wildman–Crippen MR) is 72.7 cm³/mol. The molecule has 2 aromatic rings. The lowest BCUT2D eigenvalue weighted by Gasteiger charge is -2.27. The Morgan fingerprint density at radius 3 is 2.95 bits per heavy atom. The van der Waals surface area contributed by atoms with Crippen molar-refractivity contribution in [3.05, 3.63) is 53.4 Å². The second-order valence-electron chi connectivity index (χ2n) is 5.19. The average molecular weight is 259 g/mol. The average Bonchev–Trinajstić information content (AvgIpc) is 2.74. The van der Waals surface area contributed by atoms with E-state index in [1.807, 2.05) is 25.5 Å². The number of nitrogens with zero attached hydrogens (tertiary/aromatic N) is 2. The zero-order chi connectivity index (χ0) is 13.2. The predicted octanol–water partition coefficient (Wildman–Crippen LogP) is 2.26. The normalized spacial score (nSPS) is 15.5. The van der Waals surface area contributed by atoms with Crippen LogP contribution in [0.1, 0.15) is 22.7 Å². The molecule has 0 aliphatic carbocycles. The van der Waals surface area contributed by atoms with Crippen molar-refractivity contribution in [3.8, 4) is 0 Å². The van der Waals surface area contributed by atoms with E-state index < -0.39 is 0 Å². The smallest absolute Gasteiger partial charge is 0.123 e. The number of rotatable bonds is 4. The lowest BCUT2D eigenvalue weighted by atomic mass is 9.99. The Balaban J connectivity index is 1.70. The first-order valence-electron chi connectivity index (χ1n) is 6.70. The van der Waals surface area contributed by atoms with Crippen molar-refractivity contribution >= 4 is 0 Å². The Hall–Kier alpha value is -1.68. The number of hydrogen-bond acceptors (Lipinski definition) is 2. The van der Waals surface area contributed by atoms with Gasteiger partial charge >= 0.3 is 0 Å². The number of aromatic nitrogens is 2. The summed E-state index contributed by atoms with van der Waals surface area (Å²) in [4.78, 5) is 4.25. The standard InChI is InChI=1S/C15H18FN3/c1-11-6-14(16)3-2-12(11)4-5-19-10-18-9-15(19)13-7-17-8-13/h2-3,6,9-10,13,17H,4-5,7-8H2,1H3. The maximum Gasteiger partial charge on any atom is 0.123 e. The van der Waals surface area contributed by atoms with Crippen LogP contribution in [0.2, 0.25) is 0 Å². The van der Waals surface area contributed by atoms with Crippen LogP contribution in [-0.4, -0.2) is 22.6 Å². The van der Waals surface area contributed by atoms with Crippen molar-refractivity contribution in [3.63, 3.8) is 0 Å². The first-order chi connectivity index (χ1) is 9.24. The quantitative estimate of drug-likeness (QED) is 0.912. The van der Waals surface area contributed by atoms with E-state index in [0.717, 1.165) is 31.6 Å². The van der Waals surface area contributed by atoms with E-state index in [4.69, 9.17) is 0 Å². The lowest BCUT2D eigenvalue weighted by Crippen LogP contribution is -2.40. The van der Waals surface area contributed by atoms with Crippen molar-refractivity contribution in [2.45, 2.75) is 25.8 Å². The topological polar surface area (TPSA) is 29.9 Å². The summed E-state index contributed by atoms with van der Waals surface area (Å²) in [6.45, 7) is 4.95. The van der Waals surface area contributed by atoms with Crippen LogP contribution in [-0.2, 0) is 13.0 Å². The van der Waals surface area contributed by atoms with Crippen molar-refractivity contribution < 1.29 is 4.39 Å². The molecule has 0 unspecified atom stereocenters. The largest absolute Gasteiger partial charge is 0.334 e. The summed E-state index contributed by atoms with van der Waals surface area (Å²) >= 11 is 0. The highest BCUT2D eigenvalue weighted by molar-refractivity contribution is 5.26. The van der Waals surface area contributed by atoms with Gasteiger partial charge in [0.2, 0.25) is 0 Å². The number of halogens is 1. The van der Waals surface area contributed by atoms with Crippen LogP contribution in [0.5, 0.6) is 0 Å². The monoisotopic (exact) mass is 259 g/mol. The molecule has 0 radical (unpaired) electrons. The van der Waals surface area contributed by atoms with Crippen LogP contribution in [0.25, 0.3) is 0 Å². The zero-order valence-electron chi connectivity index (χ0n) is 11.1. The molecule has 2 heterocycles. The lowest BCUT2D eigenvalue weighted by molar-refractivity contribution is 0.423. The highest BCUT2D eigenvalue weighted by Gasteiger charge is 2.22. The summed E-state index contributed by atoms with van der Waals surface area (Å²) in [5, 5.41) is 3.28. The summed E-state index contributed by atoms with van der Waals surface area (Å²) in [5.41, 5.74) is 3.53. The maximum absolute atomic E-state index is 13.1. The minimum Gasteiger partial charge on any atom is -0.334 e. The van der Waals surface area contributed by atoms with Gasteiger partial charge in [-0.2, -0.15) is 0 Å². The Bertz CT molecular complexity index is 573. The van der Waals surface area contributed by atoms with Crippen molar-refractivity contribution in [2.24, 2.45) is 0 Å². The molecule has 0 spiro atoms. The molecule has 4 heteroatoms. The highest BCUT2D eigenvalue weighted by Crippen LogP contribution is 2.20. The van der Waals surface area contributed by atoms with E-state index in [9.17, 15) is 4.39 Å². The minimum absolute atomic E-state index is 0.162. The second kappa shape index (κ2) is 5.13. The molecule has 0 amide bonds. The van der Waals surface area contributed by atoms with Gasteiger partial charge in [0.25, 0.3) is 0 Å². The van der Waals surface area contributed by atoms with Crippen molar-refractivity contribution in [1.29, 1.82) is 0 Å². The molecule has 0 atom stereocenters. The molecule has 3 nitrogen and oxygen atoms in total. The van der Waals surface area contributed by atoms with Gasteiger partial charge in [-0.3, -0.25) is 0 Å². The molecule has 1 N–H and O–H groups in total. The third-order valence-electron chi connectivity index (χ3n) is 3.87. The molecule has 1 aliphatic heterocycles. The van der Waals surface area contributed by atoms with Gasteiger partial charge in [0.1, 0.15) is 5.82 Å². The van der Waals surface area contributed by atoms with Gasteiger partial charge in [0.05, 0.1) is 6.33 Å². The molecule has 1 aromatic carbocycles. The number of aryl methyl sites for hydroxylation is 3. The molecule has 19 heavy (non-hydrogen) atoms. The first-order valence-corrected chi connectivity index (χ1v) is 6.70. The van der Waals surface area contributed by atoms with E-state index in [2.05, 4.69) is 14.9 Å². The van der Waals surface area contributed by atoms with Crippen LogP contribution >= 0.6 is 0 Å². The van der Waals surface area contributed by atoms with Gasteiger partial charge in [0.15, 0.2) is 0 Å². The Morgan fingerprint density at radius 1 is 1.42 bits per heavy atom. The number of hydrogen-bond donors (Lipinski definition) is 1. The van der Waals surface area contributed by atoms with Crippen molar-refractivity contribution in [1.82, 2.24) is 14.9 Å². The molecule has 1 fully saturated rings. The van der Waals surface area contributed by atoms with E-state index in [1.165, 1.54) is 17.3 Å². The number of nitrogens with one attached hydrogen (secondary N) is 1. The summed E-state index contributed by atoms with van der Waals surface area (Å²) in [5.74, 6) is 0.432. The fourth-order valence-corrected chi connectivity index (χ4v) is 2.54. The molecular formula is C15H18FN3. The van der Waals surface area contributed by atoms with Crippen LogP contribution in [0, 0.1) is 12.7 Å². The van der Waals surface area contributed by atoms with Gasteiger partial charge in [-0.25, -0.2) is 9.37 Å². The van der Waals surface area contributed by atoms with E-state index in [-0.39, 0.29) is 5.82 Å². The molecule has 3 rings (SSSR count). The molecule has 1 saturated heterocycles. The zero-order valence-corrected chi connectivity index (χ0v) is 11.1. The Kier molecular flexibility index (Phi) is 3.34. The summed E-state index contributed by atoms with van der Waals surface area (Å²) in [6, 6.07) is 5.01. The van der Waals surface area contributed by atoms with Crippen LogP contribution < -0.4 is 5.32 Å². The van der Waals surface area contributed by atoms with Gasteiger partial charge in [0, 0.05) is 37.4 Å². The van der Waals surface area contributed by atoms with Crippen LogP contribution in [0.4, 0.5) is 4.39 Å². The third-order valence-corrected chi connectivity index (χ3v) is 3.87. The molecule has 1 aromatic heterocycles. The fraction of sp³-hybridized carbons (Fsp3) is 0.400. The molecular weight excluding hydrogens is 241 g/mol. The van der Waals surface area contributed by atoms with E-state index >= 15 is 0 Å². The van der Waals surface area contributed by atoms with Gasteiger partial charge < -0.3 is 9.88 Å². The summed E-state index contributed by atoms with van der Waals surface area (Å²) in [6.07, 6.45) is 4.77. The molecule has 100 valence electrons. The molecule has 0 bridgehead atoms. The molecule has 1 aliphatic rings. The third kappa shape index (κ3) is 2.54. The Labute approximate surface area is 112 Å². The highest BCUT2D eigenvalue weighted by atomic mass is 19.1. The van der Waals surface area contributed by atoms with Gasteiger partial charge in [-0.1, -0.05) is 6.07 Å². The van der Waals surface area contributed by atoms with Crippen LogP contribution in [0.15, 0.2) is 30.7 Å². The Morgan fingerprint density at radius 2 is 2.26 bits per heavy atom. The summed E-state index contributed by atoms with van der Waals surface area (Å²) < 4.78 is 15.3. The molecule has 0 saturated carbocycles. The number of benzene rings is 1. The fourth-order valence-electron chi connectivity index (χ4n) is 2.54. The first kappa shape index (κ1) is 12.4. The van der Waals surface area contributed by atoms with Crippen LogP contribution in [0.3, 0.4) is 0 Å². The SMILES string of the molecule is Cc1cc(F)ccc1CCn1cncc1C1CNC1. The van der Waals surface area contributed by atoms with Crippen molar-refractivity contribution in [2.75, 3.05) is 13.1 Å². The summed E-state index contributed by atoms with van der Waals surface area (Å²) in [7, 11) is 0. The van der Waals surface area contributed by atoms with Gasteiger partial charge in [-0.05, 0) is 36.6 Å². The van der Waals surface area contributed by atoms with E-state index in [0.29, 0.717) is 5.92 Å². The number of imidazole rings is 1. The maximum atomic E-state index is 13.1. The second-order valence-corrected chi connectivity index (χ2v) is 5.19. The minimum atomic E-state index is -0.162.